The van der Waals surface area contributed by atoms with Gasteiger partial charge in [0, 0.05) is 6.61 Å². The largest absolute Gasteiger partial charge is 0.372 e. The lowest BCUT2D eigenvalue weighted by atomic mass is 10.2. The van der Waals surface area contributed by atoms with Crippen molar-refractivity contribution >= 4 is 0 Å². The fraction of sp³-hybridized carbons (Fsp3) is 0.357. The number of benzene rings is 1. The first kappa shape index (κ1) is 12.8. The highest BCUT2D eigenvalue weighted by Gasteiger charge is 2.23. The molecule has 104 valence electrons. The number of aromatic amines is 1. The van der Waals surface area contributed by atoms with Crippen LogP contribution in [-0.4, -0.2) is 21.4 Å². The van der Waals surface area contributed by atoms with E-state index in [9.17, 15) is 9.59 Å². The predicted octanol–water partition coefficient (Wildman–Crippen LogP) is 0.831. The van der Waals surface area contributed by atoms with E-state index >= 15 is 0 Å². The van der Waals surface area contributed by atoms with Crippen molar-refractivity contribution < 1.29 is 4.74 Å². The highest BCUT2D eigenvalue weighted by molar-refractivity contribution is 5.14. The standard InChI is InChI=1S/C14H15N3O3/c18-13-12(11-7-4-8-20-11)16-17(14(19)15-13)9-10-5-2-1-3-6-10/h1-3,5-6,11H,4,7-9H2,(H,15,18,19). The van der Waals surface area contributed by atoms with Crippen molar-refractivity contribution in [2.45, 2.75) is 25.5 Å². The molecule has 1 unspecified atom stereocenters. The van der Waals surface area contributed by atoms with E-state index in [1.54, 1.807) is 0 Å². The van der Waals surface area contributed by atoms with Crippen molar-refractivity contribution in [3.05, 3.63) is 62.4 Å². The summed E-state index contributed by atoms with van der Waals surface area (Å²) in [7, 11) is 0. The lowest BCUT2D eigenvalue weighted by Gasteiger charge is -2.10. The molecular formula is C14H15N3O3. The summed E-state index contributed by atoms with van der Waals surface area (Å²) in [4.78, 5) is 25.9. The molecule has 0 radical (unpaired) electrons. The van der Waals surface area contributed by atoms with Gasteiger partial charge in [-0.2, -0.15) is 5.10 Å². The Morgan fingerprint density at radius 2 is 2.10 bits per heavy atom. The van der Waals surface area contributed by atoms with E-state index < -0.39 is 11.2 Å². The lowest BCUT2D eigenvalue weighted by Crippen LogP contribution is -2.36. The minimum atomic E-state index is -0.499. The SMILES string of the molecule is O=c1[nH]c(=O)n(Cc2ccccc2)nc1C1CCCO1. The van der Waals surface area contributed by atoms with Crippen molar-refractivity contribution in [2.75, 3.05) is 6.61 Å². The molecule has 6 nitrogen and oxygen atoms in total. The molecule has 0 amide bonds. The zero-order valence-corrected chi connectivity index (χ0v) is 10.9. The fourth-order valence-electron chi connectivity index (χ4n) is 2.31. The number of aromatic nitrogens is 3. The topological polar surface area (TPSA) is 77.0 Å². The van der Waals surface area contributed by atoms with Gasteiger partial charge in [-0.3, -0.25) is 9.78 Å². The first-order chi connectivity index (χ1) is 9.74. The molecule has 1 aliphatic rings. The number of hydrogen-bond donors (Lipinski definition) is 1. The molecule has 0 aliphatic carbocycles. The Bertz CT molecular complexity index is 700. The molecule has 1 fully saturated rings. The number of nitrogens with one attached hydrogen (secondary N) is 1. The van der Waals surface area contributed by atoms with Crippen LogP contribution in [0.1, 0.15) is 30.2 Å². The second-order valence-electron chi connectivity index (χ2n) is 4.79. The summed E-state index contributed by atoms with van der Waals surface area (Å²) in [5, 5.41) is 4.18. The van der Waals surface area contributed by atoms with E-state index in [2.05, 4.69) is 10.1 Å². The van der Waals surface area contributed by atoms with Gasteiger partial charge in [0.25, 0.3) is 5.56 Å². The van der Waals surface area contributed by atoms with Crippen LogP contribution in [0.4, 0.5) is 0 Å². The third kappa shape index (κ3) is 2.55. The first-order valence-electron chi connectivity index (χ1n) is 6.61. The molecular weight excluding hydrogens is 258 g/mol. The van der Waals surface area contributed by atoms with Crippen LogP contribution in [-0.2, 0) is 11.3 Å². The zero-order chi connectivity index (χ0) is 13.9. The molecule has 0 saturated carbocycles. The summed E-state index contributed by atoms with van der Waals surface area (Å²) in [5.41, 5.74) is 0.289. The molecule has 2 heterocycles. The molecule has 0 bridgehead atoms. The van der Waals surface area contributed by atoms with Gasteiger partial charge in [-0.1, -0.05) is 30.3 Å². The summed E-state index contributed by atoms with van der Waals surface area (Å²) in [6.45, 7) is 0.958. The van der Waals surface area contributed by atoms with E-state index in [-0.39, 0.29) is 11.8 Å². The smallest absolute Gasteiger partial charge is 0.345 e. The molecule has 1 aromatic heterocycles. The van der Waals surface area contributed by atoms with E-state index in [1.807, 2.05) is 30.3 Å². The normalized spacial score (nSPS) is 18.3. The molecule has 0 spiro atoms. The Balaban J connectivity index is 1.96. The van der Waals surface area contributed by atoms with Crippen LogP contribution in [0, 0.1) is 0 Å². The molecule has 1 aliphatic heterocycles. The molecule has 20 heavy (non-hydrogen) atoms. The second-order valence-corrected chi connectivity index (χ2v) is 4.79. The average molecular weight is 273 g/mol. The van der Waals surface area contributed by atoms with Crippen molar-refractivity contribution in [3.63, 3.8) is 0 Å². The monoisotopic (exact) mass is 273 g/mol. The third-order valence-corrected chi connectivity index (χ3v) is 3.33. The summed E-state index contributed by atoms with van der Waals surface area (Å²) in [6, 6.07) is 9.51. The van der Waals surface area contributed by atoms with E-state index in [0.29, 0.717) is 13.2 Å². The molecule has 3 rings (SSSR count). The molecule has 6 heteroatoms. The lowest BCUT2D eigenvalue weighted by molar-refractivity contribution is 0.105. The minimum absolute atomic E-state index is 0.290. The number of rotatable bonds is 3. The highest BCUT2D eigenvalue weighted by Crippen LogP contribution is 2.24. The maximum absolute atomic E-state index is 11.8. The predicted molar refractivity (Wildman–Crippen MR) is 72.6 cm³/mol. The van der Waals surface area contributed by atoms with Crippen molar-refractivity contribution in [3.8, 4) is 0 Å². The zero-order valence-electron chi connectivity index (χ0n) is 10.9. The highest BCUT2D eigenvalue weighted by atomic mass is 16.5. The van der Waals surface area contributed by atoms with Crippen LogP contribution >= 0.6 is 0 Å². The molecule has 1 aromatic carbocycles. The molecule has 2 aromatic rings. The number of H-pyrrole nitrogens is 1. The van der Waals surface area contributed by atoms with Crippen LogP contribution in [0.2, 0.25) is 0 Å². The van der Waals surface area contributed by atoms with Gasteiger partial charge in [-0.15, -0.1) is 0 Å². The Morgan fingerprint density at radius 3 is 2.80 bits per heavy atom. The summed E-state index contributed by atoms with van der Waals surface area (Å²) < 4.78 is 6.74. The molecule has 1 N–H and O–H groups in total. The summed E-state index contributed by atoms with van der Waals surface area (Å²) >= 11 is 0. The van der Waals surface area contributed by atoms with Gasteiger partial charge in [0.05, 0.1) is 6.54 Å². The number of ether oxygens (including phenoxy) is 1. The second kappa shape index (κ2) is 5.42. The van der Waals surface area contributed by atoms with E-state index in [1.165, 1.54) is 4.68 Å². The van der Waals surface area contributed by atoms with Crippen LogP contribution in [0.5, 0.6) is 0 Å². The third-order valence-electron chi connectivity index (χ3n) is 3.33. The maximum atomic E-state index is 11.8. The van der Waals surface area contributed by atoms with Crippen molar-refractivity contribution in [1.29, 1.82) is 0 Å². The van der Waals surface area contributed by atoms with Crippen LogP contribution < -0.4 is 11.2 Å². The Morgan fingerprint density at radius 1 is 1.30 bits per heavy atom. The van der Waals surface area contributed by atoms with Gasteiger partial charge in [0.2, 0.25) is 0 Å². The van der Waals surface area contributed by atoms with Crippen LogP contribution in [0.25, 0.3) is 0 Å². The van der Waals surface area contributed by atoms with Gasteiger partial charge in [-0.05, 0) is 18.4 Å². The van der Waals surface area contributed by atoms with Crippen LogP contribution in [0.3, 0.4) is 0 Å². The Labute approximate surface area is 115 Å². The van der Waals surface area contributed by atoms with E-state index in [4.69, 9.17) is 4.74 Å². The summed E-state index contributed by atoms with van der Waals surface area (Å²) in [5.74, 6) is 0. The van der Waals surface area contributed by atoms with E-state index in [0.717, 1.165) is 18.4 Å². The molecule has 1 saturated heterocycles. The number of hydrogen-bond acceptors (Lipinski definition) is 4. The Hall–Kier alpha value is -2.21. The van der Waals surface area contributed by atoms with Crippen molar-refractivity contribution in [1.82, 2.24) is 14.8 Å². The van der Waals surface area contributed by atoms with Gasteiger partial charge >= 0.3 is 5.69 Å². The van der Waals surface area contributed by atoms with Gasteiger partial charge in [-0.25, -0.2) is 9.48 Å². The van der Waals surface area contributed by atoms with Gasteiger partial charge in [0.1, 0.15) is 6.10 Å². The first-order valence-corrected chi connectivity index (χ1v) is 6.61. The fourth-order valence-corrected chi connectivity index (χ4v) is 2.31. The summed E-state index contributed by atoms with van der Waals surface area (Å²) in [6.07, 6.45) is 1.37. The maximum Gasteiger partial charge on any atom is 0.345 e. The quantitative estimate of drug-likeness (QED) is 0.898. The van der Waals surface area contributed by atoms with Gasteiger partial charge < -0.3 is 4.74 Å². The number of nitrogens with zero attached hydrogens (tertiary/aromatic N) is 2. The van der Waals surface area contributed by atoms with Crippen LogP contribution in [0.15, 0.2) is 39.9 Å². The van der Waals surface area contributed by atoms with Gasteiger partial charge in [0.15, 0.2) is 5.69 Å². The Kier molecular flexibility index (Phi) is 3.47. The minimum Gasteiger partial charge on any atom is -0.372 e. The average Bonchev–Trinajstić information content (AvgIpc) is 2.97. The molecule has 1 atom stereocenters. The van der Waals surface area contributed by atoms with Crippen molar-refractivity contribution in [2.24, 2.45) is 0 Å².